The minimum absolute atomic E-state index is 0.824. The molecule has 106 valence electrons. The van der Waals surface area contributed by atoms with E-state index in [1.165, 1.54) is 51.7 Å². The van der Waals surface area contributed by atoms with Crippen molar-refractivity contribution in [2.24, 2.45) is 0 Å². The SMILES string of the molecule is Brc1cccc(OCCCCN2CCCCCC2)c1. The second-order valence-corrected chi connectivity index (χ2v) is 6.18. The molecule has 19 heavy (non-hydrogen) atoms. The van der Waals surface area contributed by atoms with Gasteiger partial charge in [-0.2, -0.15) is 0 Å². The highest BCUT2D eigenvalue weighted by Crippen LogP contribution is 2.18. The van der Waals surface area contributed by atoms with Gasteiger partial charge in [0, 0.05) is 4.47 Å². The Hall–Kier alpha value is -0.540. The molecule has 1 fully saturated rings. The van der Waals surface area contributed by atoms with Crippen LogP contribution in [0, 0.1) is 0 Å². The fourth-order valence-electron chi connectivity index (χ4n) is 2.54. The zero-order chi connectivity index (χ0) is 13.3. The quantitative estimate of drug-likeness (QED) is 0.715. The maximum Gasteiger partial charge on any atom is 0.120 e. The second kappa shape index (κ2) is 8.60. The molecular formula is C16H24BrNO. The zero-order valence-electron chi connectivity index (χ0n) is 11.6. The minimum Gasteiger partial charge on any atom is -0.494 e. The Morgan fingerprint density at radius 1 is 1.05 bits per heavy atom. The predicted molar refractivity (Wildman–Crippen MR) is 83.8 cm³/mol. The maximum atomic E-state index is 5.75. The van der Waals surface area contributed by atoms with Crippen molar-refractivity contribution in [3.8, 4) is 5.75 Å². The van der Waals surface area contributed by atoms with Crippen LogP contribution in [-0.4, -0.2) is 31.1 Å². The summed E-state index contributed by atoms with van der Waals surface area (Å²) < 4.78 is 6.83. The van der Waals surface area contributed by atoms with E-state index in [4.69, 9.17) is 4.74 Å². The van der Waals surface area contributed by atoms with Crippen molar-refractivity contribution in [2.75, 3.05) is 26.2 Å². The number of hydrogen-bond donors (Lipinski definition) is 0. The number of benzene rings is 1. The highest BCUT2D eigenvalue weighted by atomic mass is 79.9. The largest absolute Gasteiger partial charge is 0.494 e. The molecule has 1 heterocycles. The molecule has 2 rings (SSSR count). The van der Waals surface area contributed by atoms with Crippen LogP contribution in [0.15, 0.2) is 28.7 Å². The molecule has 0 atom stereocenters. The number of rotatable bonds is 6. The average Bonchev–Trinajstić information content (AvgIpc) is 2.67. The fourth-order valence-corrected chi connectivity index (χ4v) is 2.92. The molecule has 1 aromatic carbocycles. The van der Waals surface area contributed by atoms with E-state index >= 15 is 0 Å². The van der Waals surface area contributed by atoms with E-state index in [2.05, 4.69) is 20.8 Å². The smallest absolute Gasteiger partial charge is 0.120 e. The molecule has 0 spiro atoms. The summed E-state index contributed by atoms with van der Waals surface area (Å²) in [5.41, 5.74) is 0. The van der Waals surface area contributed by atoms with Gasteiger partial charge in [-0.15, -0.1) is 0 Å². The van der Waals surface area contributed by atoms with Gasteiger partial charge in [-0.1, -0.05) is 34.8 Å². The first-order valence-electron chi connectivity index (χ1n) is 7.45. The van der Waals surface area contributed by atoms with E-state index in [9.17, 15) is 0 Å². The minimum atomic E-state index is 0.824. The van der Waals surface area contributed by atoms with Crippen LogP contribution in [0.4, 0.5) is 0 Å². The van der Waals surface area contributed by atoms with Crippen LogP contribution in [0.25, 0.3) is 0 Å². The van der Waals surface area contributed by atoms with Gasteiger partial charge in [0.05, 0.1) is 6.61 Å². The molecule has 0 aromatic heterocycles. The van der Waals surface area contributed by atoms with Crippen molar-refractivity contribution < 1.29 is 4.74 Å². The second-order valence-electron chi connectivity index (χ2n) is 5.27. The third-order valence-electron chi connectivity index (χ3n) is 3.63. The van der Waals surface area contributed by atoms with Crippen molar-refractivity contribution in [1.82, 2.24) is 4.90 Å². The summed E-state index contributed by atoms with van der Waals surface area (Å²) in [6, 6.07) is 8.07. The summed E-state index contributed by atoms with van der Waals surface area (Å²) >= 11 is 3.46. The molecule has 1 aliphatic rings. The molecular weight excluding hydrogens is 302 g/mol. The Balaban J connectivity index is 1.56. The van der Waals surface area contributed by atoms with Crippen LogP contribution >= 0.6 is 15.9 Å². The zero-order valence-corrected chi connectivity index (χ0v) is 13.2. The lowest BCUT2D eigenvalue weighted by Crippen LogP contribution is -2.25. The number of ether oxygens (including phenoxy) is 1. The van der Waals surface area contributed by atoms with Crippen LogP contribution in [0.5, 0.6) is 5.75 Å². The van der Waals surface area contributed by atoms with Gasteiger partial charge in [-0.05, 0) is 63.5 Å². The summed E-state index contributed by atoms with van der Waals surface area (Å²) in [6.45, 7) is 4.66. The van der Waals surface area contributed by atoms with E-state index < -0.39 is 0 Å². The van der Waals surface area contributed by atoms with Gasteiger partial charge in [0.2, 0.25) is 0 Å². The van der Waals surface area contributed by atoms with Gasteiger partial charge in [0.1, 0.15) is 5.75 Å². The van der Waals surface area contributed by atoms with Gasteiger partial charge in [-0.25, -0.2) is 0 Å². The lowest BCUT2D eigenvalue weighted by Gasteiger charge is -2.19. The molecule has 0 saturated carbocycles. The lowest BCUT2D eigenvalue weighted by molar-refractivity contribution is 0.256. The van der Waals surface area contributed by atoms with Crippen LogP contribution in [0.2, 0.25) is 0 Å². The van der Waals surface area contributed by atoms with Crippen LogP contribution in [-0.2, 0) is 0 Å². The first-order chi connectivity index (χ1) is 9.34. The first kappa shape index (κ1) is 14.9. The molecule has 2 nitrogen and oxygen atoms in total. The van der Waals surface area contributed by atoms with E-state index in [1.807, 2.05) is 24.3 Å². The number of unbranched alkanes of at least 4 members (excludes halogenated alkanes) is 1. The van der Waals surface area contributed by atoms with E-state index in [-0.39, 0.29) is 0 Å². The first-order valence-corrected chi connectivity index (χ1v) is 8.24. The van der Waals surface area contributed by atoms with Crippen molar-refractivity contribution >= 4 is 15.9 Å². The van der Waals surface area contributed by atoms with Crippen molar-refractivity contribution in [3.05, 3.63) is 28.7 Å². The third-order valence-corrected chi connectivity index (χ3v) is 4.13. The Morgan fingerprint density at radius 3 is 2.58 bits per heavy atom. The maximum absolute atomic E-state index is 5.75. The van der Waals surface area contributed by atoms with Gasteiger partial charge in [0.25, 0.3) is 0 Å². The number of halogens is 1. The molecule has 0 bridgehead atoms. The van der Waals surface area contributed by atoms with Crippen molar-refractivity contribution in [1.29, 1.82) is 0 Å². The fraction of sp³-hybridized carbons (Fsp3) is 0.625. The molecule has 0 aliphatic carbocycles. The summed E-state index contributed by atoms with van der Waals surface area (Å²) in [5.74, 6) is 0.962. The number of hydrogen-bond acceptors (Lipinski definition) is 2. The topological polar surface area (TPSA) is 12.5 Å². The van der Waals surface area contributed by atoms with Gasteiger partial charge < -0.3 is 9.64 Å². The average molecular weight is 326 g/mol. The molecule has 1 aromatic rings. The van der Waals surface area contributed by atoms with Crippen molar-refractivity contribution in [2.45, 2.75) is 38.5 Å². The van der Waals surface area contributed by atoms with Crippen molar-refractivity contribution in [3.63, 3.8) is 0 Å². The molecule has 0 unspecified atom stereocenters. The Bertz CT molecular complexity index is 362. The van der Waals surface area contributed by atoms with Crippen LogP contribution in [0.1, 0.15) is 38.5 Å². The van der Waals surface area contributed by atoms with Gasteiger partial charge >= 0.3 is 0 Å². The van der Waals surface area contributed by atoms with Gasteiger partial charge in [-0.3, -0.25) is 0 Å². The lowest BCUT2D eigenvalue weighted by atomic mass is 10.2. The molecule has 0 N–H and O–H groups in total. The van der Waals surface area contributed by atoms with E-state index in [0.29, 0.717) is 0 Å². The highest BCUT2D eigenvalue weighted by molar-refractivity contribution is 9.10. The Morgan fingerprint density at radius 2 is 1.84 bits per heavy atom. The third kappa shape index (κ3) is 5.96. The number of nitrogens with zero attached hydrogens (tertiary/aromatic N) is 1. The highest BCUT2D eigenvalue weighted by Gasteiger charge is 2.07. The summed E-state index contributed by atoms with van der Waals surface area (Å²) in [5, 5.41) is 0. The summed E-state index contributed by atoms with van der Waals surface area (Å²) in [4.78, 5) is 2.62. The molecule has 3 heteroatoms. The summed E-state index contributed by atoms with van der Waals surface area (Å²) in [7, 11) is 0. The summed E-state index contributed by atoms with van der Waals surface area (Å²) in [6.07, 6.45) is 7.99. The molecule has 0 amide bonds. The van der Waals surface area contributed by atoms with E-state index in [0.717, 1.165) is 23.2 Å². The Labute approximate surface area is 125 Å². The van der Waals surface area contributed by atoms with Crippen LogP contribution < -0.4 is 4.74 Å². The predicted octanol–water partition coefficient (Wildman–Crippen LogP) is 4.48. The number of likely N-dealkylation sites (tertiary alicyclic amines) is 1. The molecule has 0 radical (unpaired) electrons. The molecule has 1 saturated heterocycles. The Kier molecular flexibility index (Phi) is 6.72. The van der Waals surface area contributed by atoms with Gasteiger partial charge in [0.15, 0.2) is 0 Å². The van der Waals surface area contributed by atoms with E-state index in [1.54, 1.807) is 0 Å². The van der Waals surface area contributed by atoms with Crippen LogP contribution in [0.3, 0.4) is 0 Å². The standard InChI is InChI=1S/C16H24BrNO/c17-15-8-7-9-16(14-15)19-13-6-5-12-18-10-3-1-2-4-11-18/h7-9,14H,1-6,10-13H2. The molecule has 1 aliphatic heterocycles. The monoisotopic (exact) mass is 325 g/mol. The normalized spacial score (nSPS) is 17.1.